The van der Waals surface area contributed by atoms with Crippen LogP contribution in [0.5, 0.6) is 0 Å². The summed E-state index contributed by atoms with van der Waals surface area (Å²) >= 11 is 7.44. The van der Waals surface area contributed by atoms with Crippen LogP contribution < -0.4 is 5.32 Å². The van der Waals surface area contributed by atoms with Gasteiger partial charge in [-0.2, -0.15) is 0 Å². The normalized spacial score (nSPS) is 12.6. The zero-order valence-corrected chi connectivity index (χ0v) is 12.3. The van der Waals surface area contributed by atoms with Gasteiger partial charge in [0.2, 0.25) is 0 Å². The fourth-order valence-corrected chi connectivity index (χ4v) is 2.93. The highest BCUT2D eigenvalue weighted by molar-refractivity contribution is 7.09. The fourth-order valence-electron chi connectivity index (χ4n) is 2.04. The van der Waals surface area contributed by atoms with Crippen molar-refractivity contribution in [1.82, 2.24) is 10.3 Å². The van der Waals surface area contributed by atoms with Crippen LogP contribution >= 0.6 is 22.9 Å². The average Bonchev–Trinajstić information content (AvgIpc) is 2.88. The summed E-state index contributed by atoms with van der Waals surface area (Å²) in [5, 5.41) is 6.58. The molecule has 2 rings (SSSR count). The molecule has 1 atom stereocenters. The Kier molecular flexibility index (Phi) is 5.31. The molecule has 0 saturated heterocycles. The van der Waals surface area contributed by atoms with Crippen LogP contribution in [0.25, 0.3) is 0 Å². The molecule has 2 aromatic rings. The van der Waals surface area contributed by atoms with Crippen LogP contribution in [0.1, 0.15) is 17.5 Å². The quantitative estimate of drug-likeness (QED) is 0.879. The van der Waals surface area contributed by atoms with Crippen molar-refractivity contribution in [2.75, 3.05) is 6.54 Å². The molecule has 19 heavy (non-hydrogen) atoms. The highest BCUT2D eigenvalue weighted by atomic mass is 35.5. The van der Waals surface area contributed by atoms with Crippen molar-refractivity contribution in [1.29, 1.82) is 0 Å². The van der Waals surface area contributed by atoms with E-state index in [0.29, 0.717) is 12.0 Å². The van der Waals surface area contributed by atoms with Crippen LogP contribution in [0, 0.1) is 5.82 Å². The Morgan fingerprint density at radius 2 is 2.26 bits per heavy atom. The van der Waals surface area contributed by atoms with Gasteiger partial charge in [-0.25, -0.2) is 9.37 Å². The lowest BCUT2D eigenvalue weighted by Gasteiger charge is -2.17. The maximum atomic E-state index is 13.9. The van der Waals surface area contributed by atoms with E-state index in [2.05, 4.69) is 10.3 Å². The second-order valence-corrected chi connectivity index (χ2v) is 5.69. The van der Waals surface area contributed by atoms with E-state index in [1.807, 2.05) is 12.3 Å². The highest BCUT2D eigenvalue weighted by Crippen LogP contribution is 2.20. The largest absolute Gasteiger partial charge is 0.314 e. The molecule has 0 aliphatic rings. The van der Waals surface area contributed by atoms with E-state index < -0.39 is 0 Å². The minimum atomic E-state index is -0.314. The Morgan fingerprint density at radius 3 is 2.95 bits per heavy atom. The zero-order valence-electron chi connectivity index (χ0n) is 10.7. The Morgan fingerprint density at radius 1 is 1.42 bits per heavy atom. The van der Waals surface area contributed by atoms with Gasteiger partial charge in [-0.3, -0.25) is 0 Å². The molecule has 0 bridgehead atoms. The third kappa shape index (κ3) is 4.00. The standard InChI is InChI=1S/C14H16ClFN2S/c1-2-17-11(9-13-18-6-7-19-13)8-10-4-3-5-12(15)14(10)16/h3-7,11,17H,2,8-9H2,1H3. The van der Waals surface area contributed by atoms with Gasteiger partial charge >= 0.3 is 0 Å². The van der Waals surface area contributed by atoms with Crippen LogP contribution in [-0.4, -0.2) is 17.6 Å². The van der Waals surface area contributed by atoms with Crippen molar-refractivity contribution >= 4 is 22.9 Å². The van der Waals surface area contributed by atoms with Crippen molar-refractivity contribution in [2.24, 2.45) is 0 Å². The zero-order chi connectivity index (χ0) is 13.7. The number of benzene rings is 1. The molecular formula is C14H16ClFN2S. The SMILES string of the molecule is CCNC(Cc1nccs1)Cc1cccc(Cl)c1F. The van der Waals surface area contributed by atoms with E-state index in [-0.39, 0.29) is 16.9 Å². The van der Waals surface area contributed by atoms with Crippen LogP contribution in [0.3, 0.4) is 0 Å². The minimum absolute atomic E-state index is 0.170. The van der Waals surface area contributed by atoms with E-state index in [1.165, 1.54) is 0 Å². The van der Waals surface area contributed by atoms with Crippen molar-refractivity contribution in [3.63, 3.8) is 0 Å². The van der Waals surface area contributed by atoms with Gasteiger partial charge in [0.15, 0.2) is 0 Å². The lowest BCUT2D eigenvalue weighted by molar-refractivity contribution is 0.505. The van der Waals surface area contributed by atoms with Gasteiger partial charge in [-0.05, 0) is 24.6 Å². The number of hydrogen-bond donors (Lipinski definition) is 1. The number of rotatable bonds is 6. The summed E-state index contributed by atoms with van der Waals surface area (Å²) in [6.45, 7) is 2.89. The average molecular weight is 299 g/mol. The number of aromatic nitrogens is 1. The van der Waals surface area contributed by atoms with Gasteiger partial charge in [0.05, 0.1) is 10.0 Å². The summed E-state index contributed by atoms with van der Waals surface area (Å²) < 4.78 is 13.9. The Labute approximate surface area is 121 Å². The van der Waals surface area contributed by atoms with Crippen LogP contribution in [0.15, 0.2) is 29.8 Å². The molecule has 0 aliphatic carbocycles. The number of nitrogens with zero attached hydrogens (tertiary/aromatic N) is 1. The molecule has 0 aliphatic heterocycles. The summed E-state index contributed by atoms with van der Waals surface area (Å²) in [5.74, 6) is -0.314. The molecule has 1 unspecified atom stereocenters. The first-order valence-electron chi connectivity index (χ1n) is 6.25. The Balaban J connectivity index is 2.09. The molecule has 0 spiro atoms. The molecule has 0 radical (unpaired) electrons. The van der Waals surface area contributed by atoms with E-state index in [4.69, 9.17) is 11.6 Å². The third-order valence-electron chi connectivity index (χ3n) is 2.90. The van der Waals surface area contributed by atoms with Crippen molar-refractivity contribution in [3.05, 3.63) is 51.2 Å². The number of nitrogens with one attached hydrogen (secondary N) is 1. The topological polar surface area (TPSA) is 24.9 Å². The first-order chi connectivity index (χ1) is 9.20. The van der Waals surface area contributed by atoms with Crippen LogP contribution in [-0.2, 0) is 12.8 Å². The second-order valence-electron chi connectivity index (χ2n) is 4.30. The summed E-state index contributed by atoms with van der Waals surface area (Å²) in [4.78, 5) is 4.28. The van der Waals surface area contributed by atoms with E-state index in [1.54, 1.807) is 35.7 Å². The van der Waals surface area contributed by atoms with E-state index in [9.17, 15) is 4.39 Å². The second kappa shape index (κ2) is 6.98. The van der Waals surface area contributed by atoms with E-state index in [0.717, 1.165) is 18.0 Å². The molecule has 2 nitrogen and oxygen atoms in total. The van der Waals surface area contributed by atoms with Gasteiger partial charge < -0.3 is 5.32 Å². The molecule has 5 heteroatoms. The molecule has 1 aromatic carbocycles. The summed E-state index contributed by atoms with van der Waals surface area (Å²) in [6.07, 6.45) is 3.21. The van der Waals surface area contributed by atoms with Crippen molar-refractivity contribution < 1.29 is 4.39 Å². The lowest BCUT2D eigenvalue weighted by Crippen LogP contribution is -2.33. The van der Waals surface area contributed by atoms with Gasteiger partial charge in [-0.1, -0.05) is 30.7 Å². The minimum Gasteiger partial charge on any atom is -0.314 e. The Bertz CT molecular complexity index is 516. The van der Waals surface area contributed by atoms with Crippen LogP contribution in [0.4, 0.5) is 4.39 Å². The predicted molar refractivity (Wildman–Crippen MR) is 78.4 cm³/mol. The van der Waals surface area contributed by atoms with Crippen molar-refractivity contribution in [2.45, 2.75) is 25.8 Å². The highest BCUT2D eigenvalue weighted by Gasteiger charge is 2.14. The van der Waals surface area contributed by atoms with Gasteiger partial charge in [0.25, 0.3) is 0 Å². The summed E-state index contributed by atoms with van der Waals surface area (Å²) in [5.41, 5.74) is 0.648. The lowest BCUT2D eigenvalue weighted by atomic mass is 10.0. The maximum Gasteiger partial charge on any atom is 0.145 e. The number of likely N-dealkylation sites (N-methyl/N-ethyl adjacent to an activating group) is 1. The van der Waals surface area contributed by atoms with Gasteiger partial charge in [0, 0.05) is 24.0 Å². The molecule has 0 fully saturated rings. The summed E-state index contributed by atoms with van der Waals surface area (Å²) in [6, 6.07) is 5.31. The van der Waals surface area contributed by atoms with E-state index >= 15 is 0 Å². The molecule has 1 heterocycles. The first kappa shape index (κ1) is 14.4. The monoisotopic (exact) mass is 298 g/mol. The Hall–Kier alpha value is -0.970. The predicted octanol–water partition coefficient (Wildman–Crippen LogP) is 3.70. The third-order valence-corrected chi connectivity index (χ3v) is 3.99. The molecular weight excluding hydrogens is 283 g/mol. The number of hydrogen-bond acceptors (Lipinski definition) is 3. The van der Waals surface area contributed by atoms with Gasteiger partial charge in [-0.15, -0.1) is 11.3 Å². The maximum absolute atomic E-state index is 13.9. The summed E-state index contributed by atoms with van der Waals surface area (Å²) in [7, 11) is 0. The molecule has 1 aromatic heterocycles. The molecule has 0 saturated carbocycles. The number of halogens is 2. The van der Waals surface area contributed by atoms with Crippen LogP contribution in [0.2, 0.25) is 5.02 Å². The van der Waals surface area contributed by atoms with Gasteiger partial charge in [0.1, 0.15) is 5.82 Å². The van der Waals surface area contributed by atoms with Crippen molar-refractivity contribution in [3.8, 4) is 0 Å². The smallest absolute Gasteiger partial charge is 0.145 e. The molecule has 102 valence electrons. The molecule has 0 amide bonds. The number of thiazole rings is 1. The molecule has 1 N–H and O–H groups in total. The fraction of sp³-hybridized carbons (Fsp3) is 0.357. The first-order valence-corrected chi connectivity index (χ1v) is 7.51.